The van der Waals surface area contributed by atoms with Crippen molar-refractivity contribution >= 4 is 28.9 Å². The van der Waals surface area contributed by atoms with Gasteiger partial charge in [-0.1, -0.05) is 41.4 Å². The molecule has 3 nitrogen and oxygen atoms in total. The lowest BCUT2D eigenvalue weighted by Gasteiger charge is -2.38. The second-order valence-electron chi connectivity index (χ2n) is 6.04. The summed E-state index contributed by atoms with van der Waals surface area (Å²) in [5.41, 5.74) is 2.71. The van der Waals surface area contributed by atoms with Crippen LogP contribution in [0.25, 0.3) is 0 Å². The van der Waals surface area contributed by atoms with Gasteiger partial charge in [0.1, 0.15) is 11.5 Å². The minimum atomic E-state index is -0.0981. The summed E-state index contributed by atoms with van der Waals surface area (Å²) in [5, 5.41) is 24.3. The smallest absolute Gasteiger partial charge is 0.124 e. The third-order valence-electron chi connectivity index (χ3n) is 4.78. The molecule has 4 rings (SSSR count). The number of rotatable bonds is 1. The molecule has 2 aliphatic rings. The molecule has 23 heavy (non-hydrogen) atoms. The third-order valence-corrected chi connectivity index (χ3v) is 5.58. The topological polar surface area (TPSA) is 52.5 Å². The van der Waals surface area contributed by atoms with E-state index in [1.54, 1.807) is 12.1 Å². The molecule has 0 saturated carbocycles. The Hall–Kier alpha value is -1.84. The molecule has 2 aromatic rings. The molecule has 0 radical (unpaired) electrons. The van der Waals surface area contributed by atoms with E-state index in [9.17, 15) is 10.2 Å². The number of hydrogen-bond acceptors (Lipinski definition) is 3. The first-order chi connectivity index (χ1) is 11.1. The van der Waals surface area contributed by atoms with Crippen molar-refractivity contribution in [1.82, 2.24) is 0 Å². The van der Waals surface area contributed by atoms with Gasteiger partial charge in [0.25, 0.3) is 0 Å². The fourth-order valence-corrected chi connectivity index (χ4v) is 4.09. The Labute approximate surface area is 144 Å². The van der Waals surface area contributed by atoms with E-state index in [4.69, 9.17) is 23.2 Å². The molecule has 1 heterocycles. The quantitative estimate of drug-likeness (QED) is 0.619. The molecule has 1 aliphatic heterocycles. The molecule has 5 heteroatoms. The Morgan fingerprint density at radius 2 is 1.83 bits per heavy atom. The predicted octanol–water partition coefficient (Wildman–Crippen LogP) is 5.23. The van der Waals surface area contributed by atoms with E-state index in [-0.39, 0.29) is 29.4 Å². The van der Waals surface area contributed by atoms with Crippen LogP contribution in [0, 0.1) is 5.92 Å². The van der Waals surface area contributed by atoms with E-state index >= 15 is 0 Å². The fourth-order valence-electron chi connectivity index (χ4n) is 3.71. The van der Waals surface area contributed by atoms with Crippen LogP contribution in [-0.2, 0) is 0 Å². The highest BCUT2D eigenvalue weighted by Gasteiger charge is 2.39. The Balaban J connectivity index is 1.85. The maximum absolute atomic E-state index is 10.3. The number of fused-ring (bicyclic) bond motifs is 3. The zero-order chi connectivity index (χ0) is 16.1. The first kappa shape index (κ1) is 14.7. The van der Waals surface area contributed by atoms with Crippen LogP contribution < -0.4 is 5.32 Å². The molecule has 0 saturated heterocycles. The van der Waals surface area contributed by atoms with Crippen molar-refractivity contribution in [3.05, 3.63) is 63.7 Å². The molecule has 2 aromatic carbocycles. The Morgan fingerprint density at radius 3 is 2.61 bits per heavy atom. The molecule has 1 aliphatic carbocycles. The van der Waals surface area contributed by atoms with Crippen LogP contribution in [0.15, 0.2) is 42.5 Å². The van der Waals surface area contributed by atoms with Gasteiger partial charge in [0, 0.05) is 17.5 Å². The fraction of sp³-hybridized carbons (Fsp3) is 0.222. The summed E-state index contributed by atoms with van der Waals surface area (Å²) < 4.78 is 0. The summed E-state index contributed by atoms with van der Waals surface area (Å²) in [6.45, 7) is 0. The van der Waals surface area contributed by atoms with Gasteiger partial charge in [-0.05, 0) is 36.1 Å². The highest BCUT2D eigenvalue weighted by molar-refractivity contribution is 6.43. The number of nitrogens with one attached hydrogen (secondary N) is 1. The molecular weight excluding hydrogens is 333 g/mol. The van der Waals surface area contributed by atoms with Crippen LogP contribution in [0.1, 0.15) is 29.5 Å². The lowest BCUT2D eigenvalue weighted by Crippen LogP contribution is -2.29. The molecule has 3 atom stereocenters. The van der Waals surface area contributed by atoms with Crippen LogP contribution in [0.3, 0.4) is 0 Å². The molecule has 3 N–H and O–H groups in total. The largest absolute Gasteiger partial charge is 0.508 e. The van der Waals surface area contributed by atoms with Gasteiger partial charge in [-0.2, -0.15) is 0 Å². The molecule has 0 aromatic heterocycles. The van der Waals surface area contributed by atoms with E-state index in [0.29, 0.717) is 10.0 Å². The van der Waals surface area contributed by atoms with Crippen molar-refractivity contribution in [2.24, 2.45) is 5.92 Å². The average Bonchev–Trinajstić information content (AvgIpc) is 3.00. The maximum Gasteiger partial charge on any atom is 0.124 e. The molecule has 0 fully saturated rings. The standard InChI is InChI=1S/C18H15Cl2NO2/c19-14-7-6-12-10-2-1-3-11(10)17(21-18(12)16(14)20)13-5-4-9(22)8-15(13)23/h1-2,4-8,10-11,17,21-23H,3H2. The average molecular weight is 348 g/mol. The van der Waals surface area contributed by atoms with E-state index in [0.717, 1.165) is 23.2 Å². The Bertz CT molecular complexity index is 819. The van der Waals surface area contributed by atoms with Gasteiger partial charge in [-0.15, -0.1) is 0 Å². The van der Waals surface area contributed by atoms with Crippen LogP contribution >= 0.6 is 23.2 Å². The van der Waals surface area contributed by atoms with Gasteiger partial charge in [0.15, 0.2) is 0 Å². The summed E-state index contributed by atoms with van der Waals surface area (Å²) >= 11 is 12.6. The van der Waals surface area contributed by atoms with Gasteiger partial charge in [-0.25, -0.2) is 0 Å². The maximum atomic E-state index is 10.3. The number of aromatic hydroxyl groups is 2. The van der Waals surface area contributed by atoms with Crippen LogP contribution in [0.5, 0.6) is 11.5 Å². The number of benzene rings is 2. The first-order valence-corrected chi connectivity index (χ1v) is 8.25. The molecule has 0 amide bonds. The van der Waals surface area contributed by atoms with Crippen molar-refractivity contribution in [2.75, 3.05) is 5.32 Å². The number of allylic oxidation sites excluding steroid dienone is 2. The molecule has 118 valence electrons. The van der Waals surface area contributed by atoms with Crippen molar-refractivity contribution in [1.29, 1.82) is 0 Å². The van der Waals surface area contributed by atoms with E-state index < -0.39 is 0 Å². The number of halogens is 2. The van der Waals surface area contributed by atoms with Gasteiger partial charge in [0.2, 0.25) is 0 Å². The minimum Gasteiger partial charge on any atom is -0.508 e. The van der Waals surface area contributed by atoms with Crippen molar-refractivity contribution in [3.8, 4) is 11.5 Å². The monoisotopic (exact) mass is 347 g/mol. The highest BCUT2D eigenvalue weighted by atomic mass is 35.5. The van der Waals surface area contributed by atoms with Gasteiger partial charge < -0.3 is 15.5 Å². The number of phenolic OH excluding ortho intramolecular Hbond substituents is 2. The molecule has 0 spiro atoms. The summed E-state index contributed by atoms with van der Waals surface area (Å²) in [7, 11) is 0. The minimum absolute atomic E-state index is 0.0460. The molecule has 0 bridgehead atoms. The normalized spacial score (nSPS) is 24.9. The van der Waals surface area contributed by atoms with Crippen LogP contribution in [-0.4, -0.2) is 10.2 Å². The summed E-state index contributed by atoms with van der Waals surface area (Å²) in [5.74, 6) is 0.647. The third kappa shape index (κ3) is 2.27. The Morgan fingerprint density at radius 1 is 1.04 bits per heavy atom. The zero-order valence-corrected chi connectivity index (χ0v) is 13.6. The van der Waals surface area contributed by atoms with E-state index in [1.165, 1.54) is 6.07 Å². The van der Waals surface area contributed by atoms with Gasteiger partial charge >= 0.3 is 0 Å². The summed E-state index contributed by atoms with van der Waals surface area (Å²) in [4.78, 5) is 0. The first-order valence-electron chi connectivity index (χ1n) is 7.49. The zero-order valence-electron chi connectivity index (χ0n) is 12.1. The van der Waals surface area contributed by atoms with E-state index in [2.05, 4.69) is 17.5 Å². The lowest BCUT2D eigenvalue weighted by molar-refractivity contribution is 0.398. The number of anilines is 1. The van der Waals surface area contributed by atoms with Crippen molar-refractivity contribution in [3.63, 3.8) is 0 Å². The van der Waals surface area contributed by atoms with Gasteiger partial charge in [0.05, 0.1) is 21.8 Å². The summed E-state index contributed by atoms with van der Waals surface area (Å²) in [6.07, 6.45) is 5.28. The van der Waals surface area contributed by atoms with E-state index in [1.807, 2.05) is 12.1 Å². The van der Waals surface area contributed by atoms with Crippen molar-refractivity contribution < 1.29 is 10.2 Å². The SMILES string of the molecule is Oc1ccc(C2Nc3c(ccc(Cl)c3Cl)C3C=CCC32)c(O)c1. The summed E-state index contributed by atoms with van der Waals surface area (Å²) in [6, 6.07) is 8.44. The molecule has 3 unspecified atom stereocenters. The van der Waals surface area contributed by atoms with Crippen LogP contribution in [0.2, 0.25) is 10.0 Å². The number of phenols is 2. The highest BCUT2D eigenvalue weighted by Crippen LogP contribution is 2.53. The second kappa shape index (κ2) is 5.36. The predicted molar refractivity (Wildman–Crippen MR) is 92.6 cm³/mol. The second-order valence-corrected chi connectivity index (χ2v) is 6.83. The molecular formula is C18H15Cl2NO2. The Kier molecular flexibility index (Phi) is 3.43. The van der Waals surface area contributed by atoms with Crippen LogP contribution in [0.4, 0.5) is 5.69 Å². The number of hydrogen-bond donors (Lipinski definition) is 3. The van der Waals surface area contributed by atoms with Crippen molar-refractivity contribution in [2.45, 2.75) is 18.4 Å². The van der Waals surface area contributed by atoms with Gasteiger partial charge in [-0.3, -0.25) is 0 Å². The lowest BCUT2D eigenvalue weighted by atomic mass is 9.77.